The Bertz CT molecular complexity index is 434. The number of rotatable bonds is 5. The minimum atomic E-state index is -0.290. The second-order valence-electron chi connectivity index (χ2n) is 5.31. The first-order chi connectivity index (χ1) is 9.10. The monoisotopic (exact) mass is 264 g/mol. The molecule has 1 aliphatic rings. The van der Waals surface area contributed by atoms with Gasteiger partial charge in [0.1, 0.15) is 5.76 Å². The van der Waals surface area contributed by atoms with E-state index in [4.69, 9.17) is 4.42 Å². The van der Waals surface area contributed by atoms with E-state index in [9.17, 15) is 9.59 Å². The number of nitrogens with one attached hydrogen (secondary N) is 2. The number of furan rings is 1. The average molecular weight is 264 g/mol. The molecule has 1 aromatic heterocycles. The van der Waals surface area contributed by atoms with Crippen molar-refractivity contribution in [1.82, 2.24) is 10.6 Å². The molecule has 0 aromatic carbocycles. The third kappa shape index (κ3) is 3.59. The Labute approximate surface area is 112 Å². The van der Waals surface area contributed by atoms with Crippen LogP contribution in [0.5, 0.6) is 0 Å². The van der Waals surface area contributed by atoms with Crippen molar-refractivity contribution in [3.05, 3.63) is 24.2 Å². The van der Waals surface area contributed by atoms with Gasteiger partial charge in [0.05, 0.1) is 19.4 Å². The van der Waals surface area contributed by atoms with Crippen LogP contribution < -0.4 is 10.6 Å². The molecule has 0 aliphatic heterocycles. The zero-order chi connectivity index (χ0) is 13.7. The van der Waals surface area contributed by atoms with Crippen LogP contribution in [0.15, 0.2) is 22.8 Å². The Morgan fingerprint density at radius 2 is 2.05 bits per heavy atom. The van der Waals surface area contributed by atoms with Gasteiger partial charge in [-0.2, -0.15) is 0 Å². The second-order valence-corrected chi connectivity index (χ2v) is 5.31. The summed E-state index contributed by atoms with van der Waals surface area (Å²) in [7, 11) is 0. The van der Waals surface area contributed by atoms with E-state index in [0.29, 0.717) is 12.3 Å². The Morgan fingerprint density at radius 3 is 2.68 bits per heavy atom. The fourth-order valence-electron chi connectivity index (χ4n) is 2.42. The summed E-state index contributed by atoms with van der Waals surface area (Å²) in [6, 6.07) is 3.56. The largest absolute Gasteiger partial charge is 0.467 e. The van der Waals surface area contributed by atoms with Crippen molar-refractivity contribution >= 4 is 11.8 Å². The standard InChI is InChI=1S/C14H20N2O3/c1-14(6-2-3-7-14)13(18)16-10-12(17)15-9-11-5-4-8-19-11/h4-5,8H,2-3,6-7,9-10H2,1H3,(H,15,17)(H,16,18). The summed E-state index contributed by atoms with van der Waals surface area (Å²) in [6.45, 7) is 2.34. The number of carbonyl (C=O) groups is 2. The second kappa shape index (κ2) is 5.91. The van der Waals surface area contributed by atoms with Crippen LogP contribution in [-0.2, 0) is 16.1 Å². The molecule has 1 aliphatic carbocycles. The summed E-state index contributed by atoms with van der Waals surface area (Å²) in [4.78, 5) is 23.6. The summed E-state index contributed by atoms with van der Waals surface area (Å²) in [5.41, 5.74) is -0.290. The number of carbonyl (C=O) groups excluding carboxylic acids is 2. The highest BCUT2D eigenvalue weighted by atomic mass is 16.3. The van der Waals surface area contributed by atoms with E-state index in [1.807, 2.05) is 6.92 Å². The lowest BCUT2D eigenvalue weighted by Gasteiger charge is -2.21. The highest BCUT2D eigenvalue weighted by molar-refractivity contribution is 5.87. The zero-order valence-corrected chi connectivity index (χ0v) is 11.2. The first-order valence-corrected chi connectivity index (χ1v) is 6.67. The van der Waals surface area contributed by atoms with Gasteiger partial charge in [0, 0.05) is 5.41 Å². The molecule has 0 saturated heterocycles. The first-order valence-electron chi connectivity index (χ1n) is 6.67. The molecule has 1 saturated carbocycles. The van der Waals surface area contributed by atoms with Crippen LogP contribution >= 0.6 is 0 Å². The molecule has 19 heavy (non-hydrogen) atoms. The molecule has 0 unspecified atom stereocenters. The summed E-state index contributed by atoms with van der Waals surface area (Å²) in [6.07, 6.45) is 5.56. The van der Waals surface area contributed by atoms with Gasteiger partial charge >= 0.3 is 0 Å². The van der Waals surface area contributed by atoms with Gasteiger partial charge < -0.3 is 15.1 Å². The number of hydrogen-bond donors (Lipinski definition) is 2. The van der Waals surface area contributed by atoms with Crippen molar-refractivity contribution in [2.24, 2.45) is 5.41 Å². The molecule has 5 nitrogen and oxygen atoms in total. The Balaban J connectivity index is 1.70. The maximum atomic E-state index is 12.0. The van der Waals surface area contributed by atoms with Gasteiger partial charge in [-0.15, -0.1) is 0 Å². The molecule has 2 N–H and O–H groups in total. The van der Waals surface area contributed by atoms with Crippen molar-refractivity contribution < 1.29 is 14.0 Å². The van der Waals surface area contributed by atoms with Crippen LogP contribution in [0.2, 0.25) is 0 Å². The fourth-order valence-corrected chi connectivity index (χ4v) is 2.42. The molecule has 2 amide bonds. The van der Waals surface area contributed by atoms with E-state index in [2.05, 4.69) is 10.6 Å². The first kappa shape index (κ1) is 13.6. The van der Waals surface area contributed by atoms with Crippen LogP contribution in [0, 0.1) is 5.41 Å². The molecule has 1 aromatic rings. The molecule has 0 atom stereocenters. The van der Waals surface area contributed by atoms with Crippen LogP contribution in [0.4, 0.5) is 0 Å². The quantitative estimate of drug-likeness (QED) is 0.848. The fraction of sp³-hybridized carbons (Fsp3) is 0.571. The van der Waals surface area contributed by atoms with Crippen LogP contribution in [0.3, 0.4) is 0 Å². The van der Waals surface area contributed by atoms with E-state index < -0.39 is 0 Å². The molecule has 104 valence electrons. The van der Waals surface area contributed by atoms with E-state index >= 15 is 0 Å². The van der Waals surface area contributed by atoms with Gasteiger partial charge in [0.2, 0.25) is 11.8 Å². The van der Waals surface area contributed by atoms with Crippen molar-refractivity contribution in [1.29, 1.82) is 0 Å². The van der Waals surface area contributed by atoms with Gasteiger partial charge in [0.25, 0.3) is 0 Å². The molecular formula is C14H20N2O3. The molecule has 2 rings (SSSR count). The minimum Gasteiger partial charge on any atom is -0.467 e. The van der Waals surface area contributed by atoms with Gasteiger partial charge in [0.15, 0.2) is 0 Å². The van der Waals surface area contributed by atoms with E-state index in [1.54, 1.807) is 18.4 Å². The predicted molar refractivity (Wildman–Crippen MR) is 70.1 cm³/mol. The van der Waals surface area contributed by atoms with Gasteiger partial charge in [-0.05, 0) is 25.0 Å². The van der Waals surface area contributed by atoms with Gasteiger partial charge in [-0.25, -0.2) is 0 Å². The average Bonchev–Trinajstić information content (AvgIpc) is 3.05. The van der Waals surface area contributed by atoms with Crippen LogP contribution in [0.25, 0.3) is 0 Å². The summed E-state index contributed by atoms with van der Waals surface area (Å²) < 4.78 is 5.10. The molecular weight excluding hydrogens is 244 g/mol. The van der Waals surface area contributed by atoms with E-state index in [1.165, 1.54) is 0 Å². The lowest BCUT2D eigenvalue weighted by Crippen LogP contribution is -2.42. The maximum Gasteiger partial charge on any atom is 0.239 e. The van der Waals surface area contributed by atoms with Crippen molar-refractivity contribution in [2.45, 2.75) is 39.2 Å². The minimum absolute atomic E-state index is 0.0156. The Morgan fingerprint density at radius 1 is 1.32 bits per heavy atom. The van der Waals surface area contributed by atoms with Gasteiger partial charge in [-0.1, -0.05) is 19.8 Å². The molecule has 5 heteroatoms. The van der Waals surface area contributed by atoms with E-state index in [-0.39, 0.29) is 23.8 Å². The summed E-state index contributed by atoms with van der Waals surface area (Å²) >= 11 is 0. The van der Waals surface area contributed by atoms with Crippen LogP contribution in [0.1, 0.15) is 38.4 Å². The SMILES string of the molecule is CC1(C(=O)NCC(=O)NCc2ccco2)CCCC1. The van der Waals surface area contributed by atoms with Crippen molar-refractivity contribution in [3.63, 3.8) is 0 Å². The third-order valence-electron chi connectivity index (χ3n) is 3.70. The lowest BCUT2D eigenvalue weighted by molar-refractivity contribution is -0.132. The van der Waals surface area contributed by atoms with E-state index in [0.717, 1.165) is 25.7 Å². The molecule has 1 fully saturated rings. The molecule has 0 bridgehead atoms. The normalized spacial score (nSPS) is 17.1. The Kier molecular flexibility index (Phi) is 4.24. The highest BCUT2D eigenvalue weighted by Crippen LogP contribution is 2.37. The van der Waals surface area contributed by atoms with Gasteiger partial charge in [-0.3, -0.25) is 9.59 Å². The molecule has 0 radical (unpaired) electrons. The van der Waals surface area contributed by atoms with Crippen molar-refractivity contribution in [2.75, 3.05) is 6.54 Å². The molecule has 1 heterocycles. The molecule has 0 spiro atoms. The number of hydrogen-bond acceptors (Lipinski definition) is 3. The smallest absolute Gasteiger partial charge is 0.239 e. The van der Waals surface area contributed by atoms with Crippen LogP contribution in [-0.4, -0.2) is 18.4 Å². The topological polar surface area (TPSA) is 71.3 Å². The highest BCUT2D eigenvalue weighted by Gasteiger charge is 2.36. The van der Waals surface area contributed by atoms with Crippen molar-refractivity contribution in [3.8, 4) is 0 Å². The third-order valence-corrected chi connectivity index (χ3v) is 3.70. The lowest BCUT2D eigenvalue weighted by atomic mass is 9.88. The maximum absolute atomic E-state index is 12.0. The predicted octanol–water partition coefficient (Wildman–Crippen LogP) is 1.59. The summed E-state index contributed by atoms with van der Waals surface area (Å²) in [5.74, 6) is 0.479. The Hall–Kier alpha value is -1.78. The summed E-state index contributed by atoms with van der Waals surface area (Å²) in [5, 5.41) is 5.41. The zero-order valence-electron chi connectivity index (χ0n) is 11.2. The number of amides is 2.